The highest BCUT2D eigenvalue weighted by molar-refractivity contribution is 6.15. The van der Waals surface area contributed by atoms with Gasteiger partial charge in [-0.2, -0.15) is 0 Å². The Morgan fingerprint density at radius 1 is 1.00 bits per heavy atom. The highest BCUT2D eigenvalue weighted by Crippen LogP contribution is 2.41. The van der Waals surface area contributed by atoms with E-state index in [4.69, 9.17) is 10.5 Å². The maximum atomic E-state index is 12.7. The third-order valence-corrected chi connectivity index (χ3v) is 5.36. The molecule has 0 fully saturated rings. The van der Waals surface area contributed by atoms with Crippen LogP contribution < -0.4 is 16.0 Å². The van der Waals surface area contributed by atoms with Crippen LogP contribution in [0.5, 0.6) is 5.75 Å². The van der Waals surface area contributed by atoms with Gasteiger partial charge in [-0.3, -0.25) is 4.79 Å². The van der Waals surface area contributed by atoms with Crippen LogP contribution >= 0.6 is 12.4 Å². The van der Waals surface area contributed by atoms with Gasteiger partial charge in [0.2, 0.25) is 0 Å². The summed E-state index contributed by atoms with van der Waals surface area (Å²) in [5.41, 5.74) is 11.9. The quantitative estimate of drug-likeness (QED) is 0.445. The lowest BCUT2D eigenvalue weighted by atomic mass is 9.92. The van der Waals surface area contributed by atoms with E-state index in [2.05, 4.69) is 23.2 Å². The van der Waals surface area contributed by atoms with Crippen LogP contribution in [0.4, 0.5) is 0 Å². The van der Waals surface area contributed by atoms with E-state index in [0.717, 1.165) is 49.9 Å². The summed E-state index contributed by atoms with van der Waals surface area (Å²) in [7, 11) is 1.68. The Morgan fingerprint density at radius 3 is 2.31 bits per heavy atom. The molecular weight excluding hydrogens is 384 g/mol. The first-order valence-electron chi connectivity index (χ1n) is 9.40. The second-order valence-corrected chi connectivity index (χ2v) is 7.43. The summed E-state index contributed by atoms with van der Waals surface area (Å²) in [6, 6.07) is 16.1. The average molecular weight is 409 g/mol. The van der Waals surface area contributed by atoms with E-state index < -0.39 is 0 Å². The number of H-pyrrole nitrogens is 1. The molecule has 0 saturated carbocycles. The van der Waals surface area contributed by atoms with Crippen LogP contribution in [0.15, 0.2) is 53.3 Å². The van der Waals surface area contributed by atoms with Crippen LogP contribution in [0.3, 0.4) is 0 Å². The number of aryl methyl sites for hydroxylation is 2. The number of nitrogens with one attached hydrogen (secondary N) is 1. The van der Waals surface area contributed by atoms with Gasteiger partial charge in [-0.1, -0.05) is 42.0 Å². The van der Waals surface area contributed by atoms with Crippen molar-refractivity contribution in [2.45, 2.75) is 26.8 Å². The van der Waals surface area contributed by atoms with Crippen molar-refractivity contribution in [1.82, 2.24) is 4.98 Å². The summed E-state index contributed by atoms with van der Waals surface area (Å²) in [4.78, 5) is 15.8. The monoisotopic (exact) mass is 408 g/mol. The SMILES string of the molecule is COc1cc(C)c2[nH]c(=O)c3ccc(C)cc3c2c1-c1ccc([C@@H](C)N)cc1.Cl. The molecule has 0 aliphatic carbocycles. The van der Waals surface area contributed by atoms with E-state index in [1.807, 2.05) is 51.1 Å². The van der Waals surface area contributed by atoms with E-state index in [1.165, 1.54) is 0 Å². The molecule has 4 nitrogen and oxygen atoms in total. The minimum Gasteiger partial charge on any atom is -0.496 e. The molecule has 0 bridgehead atoms. The lowest BCUT2D eigenvalue weighted by Gasteiger charge is -2.17. The summed E-state index contributed by atoms with van der Waals surface area (Å²) in [6.45, 7) is 6.00. The molecule has 1 heterocycles. The van der Waals surface area contributed by atoms with Crippen LogP contribution in [0.2, 0.25) is 0 Å². The molecule has 4 aromatic rings. The lowest BCUT2D eigenvalue weighted by Crippen LogP contribution is -2.08. The smallest absolute Gasteiger partial charge is 0.256 e. The average Bonchev–Trinajstić information content (AvgIpc) is 2.68. The summed E-state index contributed by atoms with van der Waals surface area (Å²) >= 11 is 0. The molecule has 3 aromatic carbocycles. The molecule has 0 aliphatic rings. The topological polar surface area (TPSA) is 68.1 Å². The Bertz CT molecular complexity index is 1260. The zero-order chi connectivity index (χ0) is 20.0. The Labute approximate surface area is 176 Å². The van der Waals surface area contributed by atoms with Gasteiger partial charge in [-0.15, -0.1) is 12.4 Å². The van der Waals surface area contributed by atoms with Crippen LogP contribution in [0.1, 0.15) is 29.7 Å². The highest BCUT2D eigenvalue weighted by atomic mass is 35.5. The van der Waals surface area contributed by atoms with E-state index in [0.29, 0.717) is 5.39 Å². The molecule has 0 radical (unpaired) electrons. The Balaban J connectivity index is 0.00000240. The molecule has 4 rings (SSSR count). The zero-order valence-electron chi connectivity index (χ0n) is 17.0. The van der Waals surface area contributed by atoms with E-state index in [9.17, 15) is 4.79 Å². The van der Waals surface area contributed by atoms with E-state index >= 15 is 0 Å². The number of rotatable bonds is 3. The van der Waals surface area contributed by atoms with Crippen molar-refractivity contribution in [3.63, 3.8) is 0 Å². The normalized spacial score (nSPS) is 12.0. The Hall–Kier alpha value is -2.82. The zero-order valence-corrected chi connectivity index (χ0v) is 17.8. The third-order valence-electron chi connectivity index (χ3n) is 5.36. The van der Waals surface area contributed by atoms with Gasteiger partial charge in [0.25, 0.3) is 5.56 Å². The van der Waals surface area contributed by atoms with Crippen molar-refractivity contribution in [3.8, 4) is 16.9 Å². The second-order valence-electron chi connectivity index (χ2n) is 7.43. The molecule has 0 saturated heterocycles. The standard InChI is InChI=1S/C24H24N2O2.ClH/c1-13-5-10-18-19(11-13)22-21(17-8-6-16(7-9-17)15(3)25)20(28-4)12-14(2)23(22)26-24(18)27;/h5-12,15H,25H2,1-4H3,(H,26,27);1H/t15-;/m1./s1. The van der Waals surface area contributed by atoms with Crippen LogP contribution in [0, 0.1) is 13.8 Å². The van der Waals surface area contributed by atoms with Crippen LogP contribution in [-0.4, -0.2) is 12.1 Å². The van der Waals surface area contributed by atoms with Gasteiger partial charge in [-0.25, -0.2) is 0 Å². The number of methoxy groups -OCH3 is 1. The first-order valence-corrected chi connectivity index (χ1v) is 9.40. The Morgan fingerprint density at radius 2 is 1.69 bits per heavy atom. The molecule has 0 spiro atoms. The fourth-order valence-electron chi connectivity index (χ4n) is 3.86. The van der Waals surface area contributed by atoms with E-state index in [1.54, 1.807) is 7.11 Å². The number of hydrogen-bond donors (Lipinski definition) is 2. The number of halogens is 1. The molecular formula is C24H25ClN2O2. The van der Waals surface area contributed by atoms with E-state index in [-0.39, 0.29) is 24.0 Å². The summed E-state index contributed by atoms with van der Waals surface area (Å²) in [5.74, 6) is 0.786. The van der Waals surface area contributed by atoms with Gasteiger partial charge in [0.1, 0.15) is 5.75 Å². The molecule has 3 N–H and O–H groups in total. The predicted molar refractivity (Wildman–Crippen MR) is 123 cm³/mol. The van der Waals surface area contributed by atoms with Crippen molar-refractivity contribution in [2.24, 2.45) is 5.73 Å². The van der Waals surface area contributed by atoms with Crippen molar-refractivity contribution < 1.29 is 4.74 Å². The fourth-order valence-corrected chi connectivity index (χ4v) is 3.86. The molecule has 1 atom stereocenters. The maximum Gasteiger partial charge on any atom is 0.256 e. The van der Waals surface area contributed by atoms with Gasteiger partial charge >= 0.3 is 0 Å². The van der Waals surface area contributed by atoms with Gasteiger partial charge < -0.3 is 15.5 Å². The number of benzene rings is 3. The first kappa shape index (κ1) is 20.9. The minimum atomic E-state index is -0.0750. The number of nitrogens with two attached hydrogens (primary N) is 1. The molecule has 29 heavy (non-hydrogen) atoms. The minimum absolute atomic E-state index is 0. The number of fused-ring (bicyclic) bond motifs is 3. The maximum absolute atomic E-state index is 12.7. The number of ether oxygens (including phenoxy) is 1. The van der Waals surface area contributed by atoms with Crippen molar-refractivity contribution in [3.05, 3.63) is 75.6 Å². The van der Waals surface area contributed by atoms with Gasteiger partial charge in [0.05, 0.1) is 12.6 Å². The molecule has 5 heteroatoms. The second kappa shape index (κ2) is 7.90. The summed E-state index contributed by atoms with van der Waals surface area (Å²) in [5, 5.41) is 2.62. The molecule has 0 amide bonds. The molecule has 0 unspecified atom stereocenters. The number of hydrogen-bond acceptors (Lipinski definition) is 3. The number of pyridine rings is 1. The van der Waals surface area contributed by atoms with Crippen molar-refractivity contribution in [2.75, 3.05) is 7.11 Å². The largest absolute Gasteiger partial charge is 0.496 e. The van der Waals surface area contributed by atoms with Gasteiger partial charge in [0.15, 0.2) is 0 Å². The molecule has 1 aromatic heterocycles. The van der Waals surface area contributed by atoms with Crippen molar-refractivity contribution >= 4 is 34.1 Å². The summed E-state index contributed by atoms with van der Waals surface area (Å²) in [6.07, 6.45) is 0. The Kier molecular flexibility index (Phi) is 5.69. The number of aromatic nitrogens is 1. The van der Waals surface area contributed by atoms with Crippen LogP contribution in [0.25, 0.3) is 32.8 Å². The van der Waals surface area contributed by atoms with Gasteiger partial charge in [0, 0.05) is 22.4 Å². The molecule has 0 aliphatic heterocycles. The van der Waals surface area contributed by atoms with Crippen LogP contribution in [-0.2, 0) is 0 Å². The predicted octanol–water partition coefficient (Wildman–Crippen LogP) is 5.42. The third kappa shape index (κ3) is 3.50. The molecule has 150 valence electrons. The lowest BCUT2D eigenvalue weighted by molar-refractivity contribution is 0.416. The fraction of sp³-hybridized carbons (Fsp3) is 0.208. The first-order chi connectivity index (χ1) is 13.4. The number of aromatic amines is 1. The highest BCUT2D eigenvalue weighted by Gasteiger charge is 2.18. The van der Waals surface area contributed by atoms with Crippen molar-refractivity contribution in [1.29, 1.82) is 0 Å². The summed E-state index contributed by atoms with van der Waals surface area (Å²) < 4.78 is 5.76. The van der Waals surface area contributed by atoms with Gasteiger partial charge in [-0.05, 0) is 55.0 Å².